The Hall–Kier alpha value is 0.0969. The van der Waals surface area contributed by atoms with Crippen LogP contribution in [0.5, 0.6) is 0 Å². The van der Waals surface area contributed by atoms with E-state index in [1.165, 1.54) is 24.6 Å². The van der Waals surface area contributed by atoms with Gasteiger partial charge >= 0.3 is 0 Å². The van der Waals surface area contributed by atoms with Gasteiger partial charge in [0, 0.05) is 0 Å². The van der Waals surface area contributed by atoms with E-state index < -0.39 is 8.32 Å². The first-order valence-corrected chi connectivity index (χ1v) is 9.92. The molecule has 0 unspecified atom stereocenters. The second kappa shape index (κ2) is 6.03. The van der Waals surface area contributed by atoms with Crippen LogP contribution in [0.4, 0.5) is 0 Å². The second-order valence-corrected chi connectivity index (χ2v) is 11.0. The molecular formula is C14H32N2OSi. The lowest BCUT2D eigenvalue weighted by atomic mass is 9.75. The maximum atomic E-state index is 6.71. The molecular weight excluding hydrogens is 240 g/mol. The molecule has 0 radical (unpaired) electrons. The van der Waals surface area contributed by atoms with Crippen molar-refractivity contribution in [1.82, 2.24) is 0 Å². The molecule has 4 heteroatoms. The first-order chi connectivity index (χ1) is 8.29. The van der Waals surface area contributed by atoms with Crippen molar-refractivity contribution in [2.45, 2.75) is 70.7 Å². The molecule has 0 saturated carbocycles. The normalized spacial score (nSPS) is 25.0. The van der Waals surface area contributed by atoms with Crippen LogP contribution in [0.25, 0.3) is 0 Å². The van der Waals surface area contributed by atoms with E-state index in [1.807, 2.05) is 0 Å². The Morgan fingerprint density at radius 2 is 1.50 bits per heavy atom. The van der Waals surface area contributed by atoms with E-state index in [2.05, 4.69) is 27.7 Å². The Labute approximate surface area is 114 Å². The largest absolute Gasteiger partial charge is 0.411 e. The highest BCUT2D eigenvalue weighted by Gasteiger charge is 2.50. The molecule has 0 amide bonds. The summed E-state index contributed by atoms with van der Waals surface area (Å²) in [5.41, 5.74) is 11.7. The van der Waals surface area contributed by atoms with Gasteiger partial charge in [0.1, 0.15) is 0 Å². The molecule has 0 spiro atoms. The van der Waals surface area contributed by atoms with E-state index in [4.69, 9.17) is 15.9 Å². The molecule has 1 aliphatic heterocycles. The number of hydrogen-bond donors (Lipinski definition) is 2. The Bertz CT molecular complexity index is 259. The molecule has 0 bridgehead atoms. The first-order valence-electron chi connectivity index (χ1n) is 7.39. The predicted molar refractivity (Wildman–Crippen MR) is 81.1 cm³/mol. The third kappa shape index (κ3) is 3.56. The highest BCUT2D eigenvalue weighted by atomic mass is 28.4. The molecule has 18 heavy (non-hydrogen) atoms. The predicted octanol–water partition coefficient (Wildman–Crippen LogP) is 2.85. The van der Waals surface area contributed by atoms with Gasteiger partial charge in [0.25, 0.3) is 0 Å². The minimum atomic E-state index is -1.61. The van der Waals surface area contributed by atoms with Crippen molar-refractivity contribution >= 4 is 8.32 Å². The van der Waals surface area contributed by atoms with Crippen molar-refractivity contribution in [1.29, 1.82) is 0 Å². The van der Waals surface area contributed by atoms with Gasteiger partial charge in [0.05, 0.1) is 5.60 Å². The molecule has 1 saturated heterocycles. The van der Waals surface area contributed by atoms with E-state index in [1.54, 1.807) is 0 Å². The van der Waals surface area contributed by atoms with E-state index >= 15 is 0 Å². The molecule has 4 N–H and O–H groups in total. The lowest BCUT2D eigenvalue weighted by molar-refractivity contribution is -0.0422. The van der Waals surface area contributed by atoms with Gasteiger partial charge in [-0.3, -0.25) is 0 Å². The van der Waals surface area contributed by atoms with Crippen LogP contribution < -0.4 is 11.5 Å². The number of rotatable bonds is 6. The highest BCUT2D eigenvalue weighted by Crippen LogP contribution is 2.49. The summed E-state index contributed by atoms with van der Waals surface area (Å²) >= 11 is 0. The van der Waals surface area contributed by atoms with Crippen LogP contribution in [0.15, 0.2) is 0 Å². The molecule has 0 aliphatic carbocycles. The average molecular weight is 273 g/mol. The Kier molecular flexibility index (Phi) is 5.41. The monoisotopic (exact) mass is 272 g/mol. The molecule has 1 rings (SSSR count). The third-order valence-electron chi connectivity index (χ3n) is 4.98. The van der Waals surface area contributed by atoms with Gasteiger partial charge in [0.2, 0.25) is 0 Å². The lowest BCUT2D eigenvalue weighted by Crippen LogP contribution is -2.57. The van der Waals surface area contributed by atoms with Gasteiger partial charge in [-0.15, -0.1) is 0 Å². The summed E-state index contributed by atoms with van der Waals surface area (Å²) in [6.45, 7) is 10.8. The standard InChI is InChI=1S/C14H32N2OSi/c1-13(2)7-12-18(10-5-8-15,11-6-9-16)17-14(13,3)4/h5-12,15-16H2,1-4H3. The van der Waals surface area contributed by atoms with Gasteiger partial charge < -0.3 is 15.9 Å². The smallest absolute Gasteiger partial charge is 0.193 e. The lowest BCUT2D eigenvalue weighted by Gasteiger charge is -2.53. The zero-order valence-corrected chi connectivity index (χ0v) is 13.7. The van der Waals surface area contributed by atoms with Crippen molar-refractivity contribution in [2.75, 3.05) is 13.1 Å². The number of hydrogen-bond acceptors (Lipinski definition) is 3. The van der Waals surface area contributed by atoms with Crippen LogP contribution >= 0.6 is 0 Å². The zero-order chi connectivity index (χ0) is 13.9. The summed E-state index contributed by atoms with van der Waals surface area (Å²) in [5.74, 6) is 0. The number of nitrogens with two attached hydrogens (primary N) is 2. The molecule has 1 heterocycles. The van der Waals surface area contributed by atoms with Gasteiger partial charge in [-0.2, -0.15) is 0 Å². The summed E-state index contributed by atoms with van der Waals surface area (Å²) in [6.07, 6.45) is 3.49. The van der Waals surface area contributed by atoms with E-state index in [0.29, 0.717) is 0 Å². The van der Waals surface area contributed by atoms with Crippen LogP contribution in [-0.2, 0) is 4.43 Å². The Morgan fingerprint density at radius 1 is 1.00 bits per heavy atom. The second-order valence-electron chi connectivity index (χ2n) is 6.96. The molecule has 0 aromatic carbocycles. The van der Waals surface area contributed by atoms with Crippen LogP contribution in [0.1, 0.15) is 47.0 Å². The fourth-order valence-corrected chi connectivity index (χ4v) is 8.09. The topological polar surface area (TPSA) is 61.3 Å². The van der Waals surface area contributed by atoms with E-state index in [9.17, 15) is 0 Å². The molecule has 0 atom stereocenters. The summed E-state index contributed by atoms with van der Waals surface area (Å²) in [7, 11) is -1.61. The summed E-state index contributed by atoms with van der Waals surface area (Å²) < 4.78 is 6.71. The quantitative estimate of drug-likeness (QED) is 0.731. The van der Waals surface area contributed by atoms with Crippen LogP contribution in [0.3, 0.4) is 0 Å². The first kappa shape index (κ1) is 16.2. The van der Waals surface area contributed by atoms with E-state index in [-0.39, 0.29) is 11.0 Å². The molecule has 1 aliphatic rings. The average Bonchev–Trinajstić information content (AvgIpc) is 2.29. The van der Waals surface area contributed by atoms with Crippen LogP contribution in [0.2, 0.25) is 18.1 Å². The summed E-state index contributed by atoms with van der Waals surface area (Å²) in [6, 6.07) is 3.70. The van der Waals surface area contributed by atoms with Crippen molar-refractivity contribution in [3.05, 3.63) is 0 Å². The third-order valence-corrected chi connectivity index (χ3v) is 9.61. The highest BCUT2D eigenvalue weighted by molar-refractivity contribution is 6.74. The van der Waals surface area contributed by atoms with Gasteiger partial charge in [-0.25, -0.2) is 0 Å². The van der Waals surface area contributed by atoms with E-state index in [0.717, 1.165) is 25.9 Å². The maximum Gasteiger partial charge on any atom is 0.193 e. The van der Waals surface area contributed by atoms with Gasteiger partial charge in [0.15, 0.2) is 8.32 Å². The SMILES string of the molecule is CC1(C)CC[Si](CCCN)(CCCN)OC1(C)C. The summed E-state index contributed by atoms with van der Waals surface area (Å²) in [5, 5.41) is 0. The minimum absolute atomic E-state index is 0.0132. The molecule has 3 nitrogen and oxygen atoms in total. The van der Waals surface area contributed by atoms with Crippen molar-refractivity contribution in [3.63, 3.8) is 0 Å². The Balaban J connectivity index is 2.79. The molecule has 108 valence electrons. The van der Waals surface area contributed by atoms with Crippen LogP contribution in [-0.4, -0.2) is 27.0 Å². The molecule has 0 aromatic heterocycles. The molecule has 0 aromatic rings. The van der Waals surface area contributed by atoms with Crippen LogP contribution in [0, 0.1) is 5.41 Å². The van der Waals surface area contributed by atoms with Crippen molar-refractivity contribution < 1.29 is 4.43 Å². The van der Waals surface area contributed by atoms with Gasteiger partial charge in [-0.05, 0) is 69.7 Å². The minimum Gasteiger partial charge on any atom is -0.411 e. The van der Waals surface area contributed by atoms with Crippen molar-refractivity contribution in [2.24, 2.45) is 16.9 Å². The fraction of sp³-hybridized carbons (Fsp3) is 1.00. The van der Waals surface area contributed by atoms with Gasteiger partial charge in [-0.1, -0.05) is 13.8 Å². The summed E-state index contributed by atoms with van der Waals surface area (Å²) in [4.78, 5) is 0. The van der Waals surface area contributed by atoms with Crippen molar-refractivity contribution in [3.8, 4) is 0 Å². The Morgan fingerprint density at radius 3 is 1.89 bits per heavy atom. The fourth-order valence-electron chi connectivity index (χ4n) is 2.90. The zero-order valence-electron chi connectivity index (χ0n) is 12.7. The molecule has 1 fully saturated rings. The maximum absolute atomic E-state index is 6.71.